The Labute approximate surface area is 111 Å². The van der Waals surface area contributed by atoms with Crippen LogP contribution >= 0.6 is 0 Å². The standard InChI is InChI=1S/C14H28N2O2/c1-10(2)8-14(4,18)9-16-13(17)12-7-11(3)5-6-15-12/h10-12,15,18H,5-9H2,1-4H3,(H,16,17). The molecular weight excluding hydrogens is 228 g/mol. The first-order valence-electron chi connectivity index (χ1n) is 7.03. The van der Waals surface area contributed by atoms with E-state index in [2.05, 4.69) is 31.4 Å². The number of amides is 1. The molecule has 1 aliphatic rings. The summed E-state index contributed by atoms with van der Waals surface area (Å²) in [4.78, 5) is 12.0. The number of nitrogens with one attached hydrogen (secondary N) is 2. The van der Waals surface area contributed by atoms with Gasteiger partial charge in [0.15, 0.2) is 0 Å². The Morgan fingerprint density at radius 2 is 2.22 bits per heavy atom. The third-order valence-corrected chi connectivity index (χ3v) is 3.47. The van der Waals surface area contributed by atoms with E-state index in [1.54, 1.807) is 6.92 Å². The van der Waals surface area contributed by atoms with Gasteiger partial charge >= 0.3 is 0 Å². The molecular formula is C14H28N2O2. The normalized spacial score (nSPS) is 27.9. The van der Waals surface area contributed by atoms with Gasteiger partial charge in [-0.2, -0.15) is 0 Å². The summed E-state index contributed by atoms with van der Waals surface area (Å²) in [7, 11) is 0. The fraction of sp³-hybridized carbons (Fsp3) is 0.929. The molecule has 1 fully saturated rings. The highest BCUT2D eigenvalue weighted by molar-refractivity contribution is 5.81. The van der Waals surface area contributed by atoms with Gasteiger partial charge in [0.1, 0.15) is 0 Å². The summed E-state index contributed by atoms with van der Waals surface area (Å²) in [6.07, 6.45) is 2.72. The maximum Gasteiger partial charge on any atom is 0.237 e. The van der Waals surface area contributed by atoms with Crippen molar-refractivity contribution in [2.24, 2.45) is 11.8 Å². The molecule has 106 valence electrons. The molecule has 1 saturated heterocycles. The van der Waals surface area contributed by atoms with Crippen molar-refractivity contribution in [1.82, 2.24) is 10.6 Å². The summed E-state index contributed by atoms with van der Waals surface area (Å²) in [5, 5.41) is 16.2. The van der Waals surface area contributed by atoms with E-state index in [4.69, 9.17) is 0 Å². The van der Waals surface area contributed by atoms with Crippen molar-refractivity contribution >= 4 is 5.91 Å². The second-order valence-electron chi connectivity index (χ2n) is 6.45. The van der Waals surface area contributed by atoms with E-state index in [0.717, 1.165) is 19.4 Å². The van der Waals surface area contributed by atoms with Gasteiger partial charge in [-0.1, -0.05) is 20.8 Å². The summed E-state index contributed by atoms with van der Waals surface area (Å²) in [6, 6.07) is -0.0939. The fourth-order valence-electron chi connectivity index (χ4n) is 2.66. The van der Waals surface area contributed by atoms with Crippen molar-refractivity contribution < 1.29 is 9.90 Å². The first-order valence-corrected chi connectivity index (χ1v) is 7.03. The average Bonchev–Trinajstić information content (AvgIpc) is 2.24. The lowest BCUT2D eigenvalue weighted by atomic mass is 9.92. The molecule has 0 aromatic heterocycles. The lowest BCUT2D eigenvalue weighted by Crippen LogP contribution is -2.51. The van der Waals surface area contributed by atoms with Crippen LogP contribution in [0.15, 0.2) is 0 Å². The molecule has 1 aliphatic heterocycles. The van der Waals surface area contributed by atoms with Gasteiger partial charge < -0.3 is 15.7 Å². The van der Waals surface area contributed by atoms with Crippen LogP contribution in [0, 0.1) is 11.8 Å². The predicted molar refractivity (Wildman–Crippen MR) is 73.3 cm³/mol. The Bertz CT molecular complexity index is 277. The van der Waals surface area contributed by atoms with E-state index >= 15 is 0 Å². The van der Waals surface area contributed by atoms with Gasteiger partial charge in [-0.05, 0) is 44.6 Å². The summed E-state index contributed by atoms with van der Waals surface area (Å²) in [5.41, 5.74) is -0.815. The molecule has 3 atom stereocenters. The number of hydrogen-bond acceptors (Lipinski definition) is 3. The van der Waals surface area contributed by atoms with Gasteiger partial charge in [0.25, 0.3) is 0 Å². The quantitative estimate of drug-likeness (QED) is 0.694. The molecule has 1 heterocycles. The first kappa shape index (κ1) is 15.4. The monoisotopic (exact) mass is 256 g/mol. The van der Waals surface area contributed by atoms with Crippen LogP contribution in [0.5, 0.6) is 0 Å². The Morgan fingerprint density at radius 1 is 1.56 bits per heavy atom. The maximum absolute atomic E-state index is 12.0. The first-order chi connectivity index (χ1) is 8.30. The molecule has 0 aliphatic carbocycles. The van der Waals surface area contributed by atoms with E-state index in [1.165, 1.54) is 0 Å². The summed E-state index contributed by atoms with van der Waals surface area (Å²) in [6.45, 7) is 9.33. The molecule has 3 N–H and O–H groups in total. The molecule has 0 bridgehead atoms. The number of piperidine rings is 1. The highest BCUT2D eigenvalue weighted by Crippen LogP contribution is 2.17. The van der Waals surface area contributed by atoms with Crippen LogP contribution in [0.25, 0.3) is 0 Å². The summed E-state index contributed by atoms with van der Waals surface area (Å²) in [5.74, 6) is 1.04. The predicted octanol–water partition coefficient (Wildman–Crippen LogP) is 1.29. The average molecular weight is 256 g/mol. The molecule has 1 amide bonds. The van der Waals surface area contributed by atoms with Crippen LogP contribution in [0.1, 0.15) is 47.0 Å². The highest BCUT2D eigenvalue weighted by atomic mass is 16.3. The third kappa shape index (κ3) is 5.36. The topological polar surface area (TPSA) is 61.4 Å². The third-order valence-electron chi connectivity index (χ3n) is 3.47. The smallest absolute Gasteiger partial charge is 0.237 e. The number of rotatable bonds is 5. The zero-order valence-electron chi connectivity index (χ0n) is 12.1. The molecule has 0 aromatic rings. The molecule has 4 heteroatoms. The highest BCUT2D eigenvalue weighted by Gasteiger charge is 2.27. The Balaban J connectivity index is 2.36. The van der Waals surface area contributed by atoms with Crippen LogP contribution in [0.2, 0.25) is 0 Å². The van der Waals surface area contributed by atoms with Crippen molar-refractivity contribution in [1.29, 1.82) is 0 Å². The molecule has 3 unspecified atom stereocenters. The second-order valence-corrected chi connectivity index (χ2v) is 6.45. The zero-order chi connectivity index (χ0) is 13.8. The van der Waals surface area contributed by atoms with Gasteiger partial charge in [-0.25, -0.2) is 0 Å². The molecule has 1 rings (SSSR count). The van der Waals surface area contributed by atoms with Crippen molar-refractivity contribution in [3.8, 4) is 0 Å². The molecule has 0 saturated carbocycles. The van der Waals surface area contributed by atoms with Gasteiger partial charge in [0.2, 0.25) is 5.91 Å². The Kier molecular flexibility index (Phi) is 5.60. The van der Waals surface area contributed by atoms with E-state index in [9.17, 15) is 9.90 Å². The Hall–Kier alpha value is -0.610. The fourth-order valence-corrected chi connectivity index (χ4v) is 2.66. The van der Waals surface area contributed by atoms with Crippen LogP contribution < -0.4 is 10.6 Å². The molecule has 0 aromatic carbocycles. The SMILES string of the molecule is CC(C)CC(C)(O)CNC(=O)C1CC(C)CCN1. The van der Waals surface area contributed by atoms with Crippen molar-refractivity contribution in [3.63, 3.8) is 0 Å². The van der Waals surface area contributed by atoms with Crippen molar-refractivity contribution in [2.75, 3.05) is 13.1 Å². The van der Waals surface area contributed by atoms with Crippen LogP contribution in [0.3, 0.4) is 0 Å². The van der Waals surface area contributed by atoms with Gasteiger partial charge in [-0.3, -0.25) is 4.79 Å². The number of carbonyl (C=O) groups excluding carboxylic acids is 1. The van der Waals surface area contributed by atoms with E-state index < -0.39 is 5.60 Å². The largest absolute Gasteiger partial charge is 0.388 e. The van der Waals surface area contributed by atoms with Gasteiger partial charge in [0, 0.05) is 6.54 Å². The zero-order valence-corrected chi connectivity index (χ0v) is 12.1. The molecule has 0 spiro atoms. The molecule has 0 radical (unpaired) electrons. The van der Waals surface area contributed by atoms with Crippen LogP contribution in [0.4, 0.5) is 0 Å². The van der Waals surface area contributed by atoms with Crippen LogP contribution in [-0.2, 0) is 4.79 Å². The minimum absolute atomic E-state index is 0.0191. The van der Waals surface area contributed by atoms with Crippen molar-refractivity contribution in [2.45, 2.75) is 58.6 Å². The maximum atomic E-state index is 12.0. The van der Waals surface area contributed by atoms with E-state index in [-0.39, 0.29) is 11.9 Å². The van der Waals surface area contributed by atoms with E-state index in [0.29, 0.717) is 24.8 Å². The minimum atomic E-state index is -0.815. The Morgan fingerprint density at radius 3 is 2.78 bits per heavy atom. The number of carbonyl (C=O) groups is 1. The van der Waals surface area contributed by atoms with Gasteiger partial charge in [0.05, 0.1) is 11.6 Å². The molecule has 4 nitrogen and oxygen atoms in total. The number of hydrogen-bond donors (Lipinski definition) is 3. The second kappa shape index (κ2) is 6.53. The van der Waals surface area contributed by atoms with E-state index in [1.807, 2.05) is 0 Å². The number of aliphatic hydroxyl groups is 1. The summed E-state index contributed by atoms with van der Waals surface area (Å²) < 4.78 is 0. The summed E-state index contributed by atoms with van der Waals surface area (Å²) >= 11 is 0. The van der Waals surface area contributed by atoms with Gasteiger partial charge in [-0.15, -0.1) is 0 Å². The lowest BCUT2D eigenvalue weighted by Gasteiger charge is -2.30. The minimum Gasteiger partial charge on any atom is -0.388 e. The van der Waals surface area contributed by atoms with Crippen molar-refractivity contribution in [3.05, 3.63) is 0 Å². The molecule has 18 heavy (non-hydrogen) atoms. The lowest BCUT2D eigenvalue weighted by molar-refractivity contribution is -0.125. The van der Waals surface area contributed by atoms with Crippen LogP contribution in [-0.4, -0.2) is 35.7 Å².